The quantitative estimate of drug-likeness (QED) is 0.0745. The maximum Gasteiger partial charge on any atom is 0.490 e. The molecule has 0 aliphatic heterocycles. The van der Waals surface area contributed by atoms with Crippen LogP contribution in [0.15, 0.2) is 54.7 Å². The van der Waals surface area contributed by atoms with Crippen molar-refractivity contribution >= 4 is 29.3 Å². The summed E-state index contributed by atoms with van der Waals surface area (Å²) >= 11 is 0. The standard InChI is InChI=1S/C23H22F2N6O4.C2HF3O2/c1-34-17-10-15(16(24)11-18(17)35-2)19(29-13-7-5-12(6-8-13)21(26)27)23(33)31-30-22(32)14-4-3-9-28-20(14)25;3-2(4,5)1(6)7/h3-11,19,29H,1-2H3,(H3,26,27)(H,30,32)(H,31,33);(H,6,7). The van der Waals surface area contributed by atoms with E-state index in [0.29, 0.717) is 11.3 Å². The summed E-state index contributed by atoms with van der Waals surface area (Å²) in [6.45, 7) is 0. The molecule has 2 amide bonds. The summed E-state index contributed by atoms with van der Waals surface area (Å²) in [7, 11) is 2.69. The number of aliphatic carboxylic acids is 1. The average Bonchev–Trinajstić information content (AvgIpc) is 2.94. The number of aromatic nitrogens is 1. The molecule has 0 spiro atoms. The second kappa shape index (κ2) is 14.2. The number of alkyl halides is 3. The SMILES string of the molecule is COc1cc(F)c(C(Nc2ccc(C(=N)N)cc2)C(=O)NNC(=O)c2cccnc2F)cc1OC.O=C(O)C(F)(F)F. The first-order valence-corrected chi connectivity index (χ1v) is 11.3. The first-order chi connectivity index (χ1) is 19.7. The topological polar surface area (TPSA) is 189 Å². The van der Waals surface area contributed by atoms with E-state index < -0.39 is 47.3 Å². The number of anilines is 1. The number of benzene rings is 2. The van der Waals surface area contributed by atoms with Crippen LogP contribution in [-0.2, 0) is 9.59 Å². The first kappa shape index (κ1) is 32.7. The van der Waals surface area contributed by atoms with Gasteiger partial charge in [0.2, 0.25) is 5.95 Å². The van der Waals surface area contributed by atoms with Gasteiger partial charge in [0.15, 0.2) is 11.5 Å². The van der Waals surface area contributed by atoms with Gasteiger partial charge in [-0.15, -0.1) is 0 Å². The molecule has 0 radical (unpaired) electrons. The van der Waals surface area contributed by atoms with E-state index in [1.54, 1.807) is 12.1 Å². The Bertz CT molecular complexity index is 1450. The van der Waals surface area contributed by atoms with Crippen LogP contribution < -0.4 is 31.4 Å². The van der Waals surface area contributed by atoms with Crippen molar-refractivity contribution in [3.05, 3.63) is 83.2 Å². The van der Waals surface area contributed by atoms with Gasteiger partial charge in [0, 0.05) is 29.1 Å². The lowest BCUT2D eigenvalue weighted by molar-refractivity contribution is -0.192. The second-order valence-electron chi connectivity index (χ2n) is 7.89. The fourth-order valence-electron chi connectivity index (χ4n) is 3.10. The molecule has 7 N–H and O–H groups in total. The number of nitrogens with one attached hydrogen (secondary N) is 4. The highest BCUT2D eigenvalue weighted by Gasteiger charge is 2.38. The smallest absolute Gasteiger partial charge is 0.490 e. The monoisotopic (exact) mass is 598 g/mol. The molecule has 17 heteroatoms. The summed E-state index contributed by atoms with van der Waals surface area (Å²) in [4.78, 5) is 37.6. The van der Waals surface area contributed by atoms with Crippen molar-refractivity contribution in [3.8, 4) is 11.5 Å². The largest absolute Gasteiger partial charge is 0.493 e. The van der Waals surface area contributed by atoms with Gasteiger partial charge in [-0.25, -0.2) is 14.2 Å². The lowest BCUT2D eigenvalue weighted by Gasteiger charge is -2.22. The number of carboxylic acid groups (broad SMARTS) is 1. The minimum Gasteiger partial charge on any atom is -0.493 e. The molecule has 0 bridgehead atoms. The highest BCUT2D eigenvalue weighted by atomic mass is 19.4. The molecular weight excluding hydrogens is 575 g/mol. The number of hydrogen-bond acceptors (Lipinski definition) is 8. The molecule has 2 aromatic carbocycles. The number of nitrogen functional groups attached to an aromatic ring is 1. The number of carboxylic acids is 1. The van der Waals surface area contributed by atoms with Crippen molar-refractivity contribution in [3.63, 3.8) is 0 Å². The van der Waals surface area contributed by atoms with Crippen LogP contribution in [0.2, 0.25) is 0 Å². The minimum atomic E-state index is -5.08. The van der Waals surface area contributed by atoms with Crippen LogP contribution in [0, 0.1) is 17.2 Å². The van der Waals surface area contributed by atoms with Crippen LogP contribution in [0.3, 0.4) is 0 Å². The number of nitrogens with two attached hydrogens (primary N) is 1. The summed E-state index contributed by atoms with van der Waals surface area (Å²) in [5.41, 5.74) is 10.0. The summed E-state index contributed by atoms with van der Waals surface area (Å²) < 4.78 is 70.8. The predicted molar refractivity (Wildman–Crippen MR) is 137 cm³/mol. The molecule has 1 unspecified atom stereocenters. The van der Waals surface area contributed by atoms with Crippen molar-refractivity contribution in [2.24, 2.45) is 5.73 Å². The van der Waals surface area contributed by atoms with E-state index in [1.807, 2.05) is 0 Å². The zero-order chi connectivity index (χ0) is 31.6. The molecule has 12 nitrogen and oxygen atoms in total. The van der Waals surface area contributed by atoms with Crippen molar-refractivity contribution in [1.82, 2.24) is 15.8 Å². The summed E-state index contributed by atoms with van der Waals surface area (Å²) in [6, 6.07) is 9.65. The Morgan fingerprint density at radius 2 is 1.57 bits per heavy atom. The van der Waals surface area contributed by atoms with Gasteiger partial charge in [-0.1, -0.05) is 0 Å². The molecule has 42 heavy (non-hydrogen) atoms. The van der Waals surface area contributed by atoms with Crippen molar-refractivity contribution in [1.29, 1.82) is 5.41 Å². The number of carbonyl (C=O) groups is 3. The molecule has 0 saturated carbocycles. The number of ether oxygens (including phenoxy) is 2. The Morgan fingerprint density at radius 1 is 1.00 bits per heavy atom. The number of hydrogen-bond donors (Lipinski definition) is 6. The Hall–Kier alpha value is -5.48. The molecule has 1 aromatic heterocycles. The van der Waals surface area contributed by atoms with Crippen LogP contribution in [0.5, 0.6) is 11.5 Å². The van der Waals surface area contributed by atoms with Crippen LogP contribution in [0.4, 0.5) is 27.6 Å². The molecule has 3 aromatic rings. The van der Waals surface area contributed by atoms with Crippen molar-refractivity contribution in [2.75, 3.05) is 19.5 Å². The molecule has 1 heterocycles. The third-order valence-corrected chi connectivity index (χ3v) is 5.13. The van der Waals surface area contributed by atoms with Crippen LogP contribution in [-0.4, -0.2) is 54.1 Å². The van der Waals surface area contributed by atoms with E-state index in [0.717, 1.165) is 6.07 Å². The third-order valence-electron chi connectivity index (χ3n) is 5.13. The van der Waals surface area contributed by atoms with Gasteiger partial charge in [-0.3, -0.25) is 25.8 Å². The van der Waals surface area contributed by atoms with E-state index in [4.69, 9.17) is 30.5 Å². The maximum absolute atomic E-state index is 15.0. The van der Waals surface area contributed by atoms with Gasteiger partial charge in [0.05, 0.1) is 19.8 Å². The number of methoxy groups -OCH3 is 2. The highest BCUT2D eigenvalue weighted by Crippen LogP contribution is 2.34. The van der Waals surface area contributed by atoms with E-state index in [2.05, 4.69) is 21.2 Å². The lowest BCUT2D eigenvalue weighted by Crippen LogP contribution is -2.46. The Kier molecular flexibility index (Phi) is 11.1. The number of carbonyl (C=O) groups excluding carboxylic acids is 2. The van der Waals surface area contributed by atoms with Gasteiger partial charge in [0.1, 0.15) is 17.7 Å². The van der Waals surface area contributed by atoms with E-state index >= 15 is 4.39 Å². The zero-order valence-corrected chi connectivity index (χ0v) is 21.7. The fraction of sp³-hybridized carbons (Fsp3) is 0.160. The fourth-order valence-corrected chi connectivity index (χ4v) is 3.10. The van der Waals surface area contributed by atoms with Crippen LogP contribution >= 0.6 is 0 Å². The van der Waals surface area contributed by atoms with E-state index in [-0.39, 0.29) is 22.9 Å². The van der Waals surface area contributed by atoms with Gasteiger partial charge in [-0.2, -0.15) is 17.6 Å². The number of halogens is 5. The third kappa shape index (κ3) is 8.77. The highest BCUT2D eigenvalue weighted by molar-refractivity contribution is 5.97. The summed E-state index contributed by atoms with van der Waals surface area (Å²) in [5.74, 6) is -6.28. The van der Waals surface area contributed by atoms with Crippen molar-refractivity contribution in [2.45, 2.75) is 12.2 Å². The number of hydrazine groups is 1. The van der Waals surface area contributed by atoms with E-state index in [1.165, 1.54) is 50.7 Å². The van der Waals surface area contributed by atoms with Crippen molar-refractivity contribution < 1.29 is 50.9 Å². The Balaban J connectivity index is 0.000000782. The first-order valence-electron chi connectivity index (χ1n) is 11.3. The maximum atomic E-state index is 15.0. The molecule has 0 saturated heterocycles. The number of amides is 2. The van der Waals surface area contributed by atoms with Gasteiger partial charge in [-0.05, 0) is 42.5 Å². The van der Waals surface area contributed by atoms with Gasteiger partial charge in [0.25, 0.3) is 11.8 Å². The Labute approximate surface area is 234 Å². The summed E-state index contributed by atoms with van der Waals surface area (Å²) in [5, 5.41) is 17.5. The molecular formula is C25H23F5N6O6. The minimum absolute atomic E-state index is 0.110. The number of pyridine rings is 1. The second-order valence-corrected chi connectivity index (χ2v) is 7.89. The number of amidine groups is 1. The molecule has 1 atom stereocenters. The average molecular weight is 598 g/mol. The normalized spacial score (nSPS) is 11.2. The Morgan fingerprint density at radius 3 is 2.07 bits per heavy atom. The predicted octanol–water partition coefficient (Wildman–Crippen LogP) is 2.91. The van der Waals surface area contributed by atoms with Crippen LogP contribution in [0.25, 0.3) is 0 Å². The van der Waals surface area contributed by atoms with E-state index in [9.17, 15) is 27.2 Å². The molecule has 224 valence electrons. The van der Waals surface area contributed by atoms with Gasteiger partial charge >= 0.3 is 12.1 Å². The molecule has 0 fully saturated rings. The lowest BCUT2D eigenvalue weighted by atomic mass is 10.0. The zero-order valence-electron chi connectivity index (χ0n) is 21.7. The van der Waals surface area contributed by atoms with Crippen LogP contribution in [0.1, 0.15) is 27.5 Å². The number of rotatable bonds is 8. The molecule has 3 rings (SSSR count). The number of nitrogens with zero attached hydrogens (tertiary/aromatic N) is 1. The molecule has 0 aliphatic rings. The molecule has 0 aliphatic carbocycles. The summed E-state index contributed by atoms with van der Waals surface area (Å²) in [6.07, 6.45) is -3.91. The van der Waals surface area contributed by atoms with Gasteiger partial charge < -0.3 is 25.6 Å².